The Morgan fingerprint density at radius 1 is 0.360 bits per heavy atom. The fourth-order valence-electron chi connectivity index (χ4n) is 5.46. The Morgan fingerprint density at radius 2 is 0.600 bits per heavy atom. The maximum Gasteiger partial charge on any atom is 0.303 e. The molecule has 5 heteroatoms. The maximum atomic E-state index is 10.4. The minimum Gasteiger partial charge on any atom is -0.481 e. The number of hydrogen-bond donors (Lipinski definition) is 2. The van der Waals surface area contributed by atoms with Crippen molar-refractivity contribution >= 4 is 17.7 Å². The molecular formula is C45H84O5. The summed E-state index contributed by atoms with van der Waals surface area (Å²) in [5, 5.41) is 17.0. The van der Waals surface area contributed by atoms with Gasteiger partial charge in [-0.2, -0.15) is 0 Å². The van der Waals surface area contributed by atoms with E-state index in [0.29, 0.717) is 12.8 Å². The van der Waals surface area contributed by atoms with Crippen molar-refractivity contribution < 1.29 is 24.6 Å². The molecule has 0 saturated heterocycles. The fraction of sp³-hybridized carbons (Fsp3) is 0.800. The molecule has 0 aromatic rings. The second-order valence-corrected chi connectivity index (χ2v) is 14.0. The fourth-order valence-corrected chi connectivity index (χ4v) is 5.46. The average Bonchev–Trinajstić information content (AvgIpc) is 3.08. The van der Waals surface area contributed by atoms with Crippen LogP contribution in [0.25, 0.3) is 0 Å². The summed E-state index contributed by atoms with van der Waals surface area (Å²) in [6.45, 7) is 8.27. The zero-order valence-electron chi connectivity index (χ0n) is 33.7. The molecule has 0 amide bonds. The third-order valence-corrected chi connectivity index (χ3v) is 8.63. The molecule has 0 aliphatic rings. The van der Waals surface area contributed by atoms with E-state index < -0.39 is 11.9 Å². The van der Waals surface area contributed by atoms with Gasteiger partial charge in [-0.15, -0.1) is 0 Å². The van der Waals surface area contributed by atoms with E-state index in [2.05, 4.69) is 45.1 Å². The number of hydrogen-bond acceptors (Lipinski definition) is 3. The first kappa shape index (κ1) is 52.2. The molecule has 50 heavy (non-hydrogen) atoms. The molecule has 0 spiro atoms. The molecule has 0 aliphatic carbocycles. The molecule has 2 N–H and O–H groups in total. The first-order chi connectivity index (χ1) is 24.3. The summed E-state index contributed by atoms with van der Waals surface area (Å²) >= 11 is 0. The molecule has 0 aromatic heterocycles. The van der Waals surface area contributed by atoms with Gasteiger partial charge in [0.1, 0.15) is 0 Å². The van der Waals surface area contributed by atoms with Gasteiger partial charge in [-0.25, -0.2) is 0 Å². The van der Waals surface area contributed by atoms with E-state index in [-0.39, 0.29) is 5.78 Å². The van der Waals surface area contributed by atoms with E-state index in [1.54, 1.807) is 13.0 Å². The van der Waals surface area contributed by atoms with Crippen molar-refractivity contribution in [2.75, 3.05) is 0 Å². The Morgan fingerprint density at radius 3 is 0.900 bits per heavy atom. The van der Waals surface area contributed by atoms with Gasteiger partial charge in [-0.1, -0.05) is 167 Å². The topological polar surface area (TPSA) is 91.7 Å². The monoisotopic (exact) mass is 705 g/mol. The van der Waals surface area contributed by atoms with Crippen molar-refractivity contribution in [3.8, 4) is 0 Å². The first-order valence-corrected chi connectivity index (χ1v) is 21.2. The SMILES string of the molecule is CCCCCC=CC(C)=O.CCCCCCCC/C=C\CCCCCCCC(=O)O.CCCCCCCC/C=C\CCCCCCCC(=O)O. The molecule has 294 valence electrons. The van der Waals surface area contributed by atoms with Crippen LogP contribution in [0.5, 0.6) is 0 Å². The Balaban J connectivity index is -0.000000701. The van der Waals surface area contributed by atoms with Crippen molar-refractivity contribution in [3.63, 3.8) is 0 Å². The Bertz CT molecular complexity index is 732. The van der Waals surface area contributed by atoms with E-state index in [1.165, 1.54) is 161 Å². The van der Waals surface area contributed by atoms with Crippen molar-refractivity contribution in [2.45, 2.75) is 233 Å². The zero-order chi connectivity index (χ0) is 37.6. The minimum atomic E-state index is -0.664. The Kier molecular flexibility index (Phi) is 51.1. The number of unbranched alkanes of at least 4 members (excludes halogenated alkanes) is 25. The first-order valence-electron chi connectivity index (χ1n) is 21.2. The smallest absolute Gasteiger partial charge is 0.303 e. The Labute approximate surface area is 311 Å². The molecule has 5 nitrogen and oxygen atoms in total. The summed E-state index contributed by atoms with van der Waals surface area (Å²) in [4.78, 5) is 31.0. The number of carbonyl (C=O) groups excluding carboxylic acids is 1. The molecule has 0 aromatic carbocycles. The van der Waals surface area contributed by atoms with Crippen LogP contribution in [0, 0.1) is 0 Å². The summed E-state index contributed by atoms with van der Waals surface area (Å²) < 4.78 is 0. The lowest BCUT2D eigenvalue weighted by atomic mass is 10.1. The standard InChI is InChI=1S/2C18H34O2.C9H16O/c2*1-2-3-4-5-6-7-8-9-10-11-12-13-14-15-16-17-18(19)20;1-3-4-5-6-7-8-9(2)10/h2*9-10H,2-8,11-17H2,1H3,(H,19,20);7-8H,3-6H2,1-2H3/b2*10-9-;. The van der Waals surface area contributed by atoms with Crippen LogP contribution in [0.1, 0.15) is 233 Å². The Hall–Kier alpha value is -2.17. The van der Waals surface area contributed by atoms with Crippen LogP contribution in [-0.4, -0.2) is 27.9 Å². The van der Waals surface area contributed by atoms with Gasteiger partial charge in [-0.3, -0.25) is 14.4 Å². The number of carbonyl (C=O) groups is 3. The van der Waals surface area contributed by atoms with Gasteiger partial charge in [0.05, 0.1) is 0 Å². The molecule has 0 bridgehead atoms. The van der Waals surface area contributed by atoms with Gasteiger partial charge in [0.25, 0.3) is 0 Å². The summed E-state index contributed by atoms with van der Waals surface area (Å²) in [6.07, 6.45) is 50.9. The summed E-state index contributed by atoms with van der Waals surface area (Å²) in [6, 6.07) is 0. The number of aliphatic carboxylic acids is 2. The van der Waals surface area contributed by atoms with Crippen LogP contribution < -0.4 is 0 Å². The molecule has 0 saturated carbocycles. The third kappa shape index (κ3) is 61.1. The highest BCUT2D eigenvalue weighted by Gasteiger charge is 1.97. The molecule has 0 atom stereocenters. The van der Waals surface area contributed by atoms with Gasteiger partial charge in [0, 0.05) is 12.8 Å². The second kappa shape index (κ2) is 48.9. The quantitative estimate of drug-likeness (QED) is 0.0389. The van der Waals surface area contributed by atoms with E-state index >= 15 is 0 Å². The van der Waals surface area contributed by atoms with Crippen molar-refractivity contribution in [1.29, 1.82) is 0 Å². The molecule has 0 fully saturated rings. The number of allylic oxidation sites excluding steroid dienone is 6. The van der Waals surface area contributed by atoms with Crippen LogP contribution in [0.15, 0.2) is 36.5 Å². The summed E-state index contributed by atoms with van der Waals surface area (Å²) in [5.41, 5.74) is 0. The number of rotatable bonds is 35. The van der Waals surface area contributed by atoms with Crippen LogP contribution in [0.2, 0.25) is 0 Å². The molecule has 0 aliphatic heterocycles. The lowest BCUT2D eigenvalue weighted by Gasteiger charge is -1.99. The second-order valence-electron chi connectivity index (χ2n) is 14.0. The van der Waals surface area contributed by atoms with Crippen molar-refractivity contribution in [1.82, 2.24) is 0 Å². The highest BCUT2D eigenvalue weighted by Crippen LogP contribution is 2.11. The lowest BCUT2D eigenvalue weighted by Crippen LogP contribution is -1.93. The van der Waals surface area contributed by atoms with Crippen LogP contribution >= 0.6 is 0 Å². The molecule has 0 radical (unpaired) electrons. The third-order valence-electron chi connectivity index (χ3n) is 8.63. The molecular weight excluding hydrogens is 620 g/mol. The summed E-state index contributed by atoms with van der Waals surface area (Å²) in [5.74, 6) is -1.18. The van der Waals surface area contributed by atoms with Gasteiger partial charge in [0.2, 0.25) is 0 Å². The normalized spacial score (nSPS) is 11.1. The van der Waals surface area contributed by atoms with Gasteiger partial charge >= 0.3 is 11.9 Å². The average molecular weight is 705 g/mol. The van der Waals surface area contributed by atoms with Crippen molar-refractivity contribution in [2.24, 2.45) is 0 Å². The minimum absolute atomic E-state index is 0.150. The van der Waals surface area contributed by atoms with Crippen molar-refractivity contribution in [3.05, 3.63) is 36.5 Å². The lowest BCUT2D eigenvalue weighted by molar-refractivity contribution is -0.138. The van der Waals surface area contributed by atoms with E-state index in [1.807, 2.05) is 6.08 Å². The number of carboxylic acid groups (broad SMARTS) is 2. The van der Waals surface area contributed by atoms with Gasteiger partial charge in [-0.05, 0) is 90.0 Å². The van der Waals surface area contributed by atoms with Gasteiger partial charge in [0.15, 0.2) is 5.78 Å². The number of ketones is 1. The largest absolute Gasteiger partial charge is 0.481 e. The summed E-state index contributed by atoms with van der Waals surface area (Å²) in [7, 11) is 0. The zero-order valence-corrected chi connectivity index (χ0v) is 33.7. The van der Waals surface area contributed by atoms with E-state index in [4.69, 9.17) is 10.2 Å². The molecule has 0 unspecified atom stereocenters. The van der Waals surface area contributed by atoms with E-state index in [9.17, 15) is 14.4 Å². The highest BCUT2D eigenvalue weighted by molar-refractivity contribution is 5.87. The highest BCUT2D eigenvalue weighted by atomic mass is 16.4. The predicted molar refractivity (Wildman–Crippen MR) is 218 cm³/mol. The number of carboxylic acids is 2. The van der Waals surface area contributed by atoms with E-state index in [0.717, 1.165) is 32.1 Å². The van der Waals surface area contributed by atoms with Crippen LogP contribution in [0.3, 0.4) is 0 Å². The predicted octanol–water partition coefficient (Wildman–Crippen LogP) is 14.9. The van der Waals surface area contributed by atoms with Gasteiger partial charge < -0.3 is 10.2 Å². The molecule has 0 rings (SSSR count). The maximum absolute atomic E-state index is 10.4. The molecule has 0 heterocycles. The van der Waals surface area contributed by atoms with Crippen LogP contribution in [-0.2, 0) is 14.4 Å². The van der Waals surface area contributed by atoms with Crippen LogP contribution in [0.4, 0.5) is 0 Å².